The molecule has 0 heterocycles. The number of benzene rings is 2. The first kappa shape index (κ1) is 15.4. The summed E-state index contributed by atoms with van der Waals surface area (Å²) in [6, 6.07) is 18.5. The zero-order valence-electron chi connectivity index (χ0n) is 12.6. The Morgan fingerprint density at radius 1 is 0.905 bits per heavy atom. The van der Waals surface area contributed by atoms with Crippen LogP contribution in [-0.4, -0.2) is 11.4 Å². The molecule has 0 aliphatic rings. The van der Waals surface area contributed by atoms with E-state index in [4.69, 9.17) is 9.78 Å². The summed E-state index contributed by atoms with van der Waals surface area (Å²) in [6.07, 6.45) is -0.771. The average Bonchev–Trinajstić information content (AvgIpc) is 2.48. The molecule has 21 heavy (non-hydrogen) atoms. The highest BCUT2D eigenvalue weighted by molar-refractivity contribution is 5.99. The molecule has 2 aromatic rings. The maximum atomic E-state index is 12.7. The molecule has 0 aliphatic heterocycles. The third kappa shape index (κ3) is 4.52. The van der Waals surface area contributed by atoms with Gasteiger partial charge in [0.1, 0.15) is 0 Å². The van der Waals surface area contributed by atoms with E-state index in [2.05, 4.69) is 0 Å². The molecular formula is C18H20O3. The van der Waals surface area contributed by atoms with E-state index in [0.717, 1.165) is 5.56 Å². The topological polar surface area (TPSA) is 35.5 Å². The van der Waals surface area contributed by atoms with Gasteiger partial charge in [0.25, 0.3) is 0 Å². The van der Waals surface area contributed by atoms with Crippen LogP contribution in [0.25, 0.3) is 0 Å². The van der Waals surface area contributed by atoms with Crippen LogP contribution in [0.2, 0.25) is 0 Å². The predicted molar refractivity (Wildman–Crippen MR) is 81.9 cm³/mol. The molecule has 1 atom stereocenters. The number of Topliss-reactive ketones (excluding diaryl/α,β-unsaturated/α-hetero) is 1. The Kier molecular flexibility index (Phi) is 4.89. The maximum Gasteiger partial charge on any atom is 0.199 e. The molecule has 2 aromatic carbocycles. The molecule has 0 spiro atoms. The van der Waals surface area contributed by atoms with Gasteiger partial charge < -0.3 is 0 Å². The van der Waals surface area contributed by atoms with Crippen molar-refractivity contribution in [1.29, 1.82) is 0 Å². The lowest BCUT2D eigenvalue weighted by Gasteiger charge is -2.23. The molecule has 0 N–H and O–H groups in total. The standard InChI is InChI=1S/C18H20O3/c1-18(2,3)21-20-17(15-12-8-5-9-13-15)16(19)14-10-6-4-7-11-14/h4-13,17H,1-3H3. The van der Waals surface area contributed by atoms with E-state index in [0.29, 0.717) is 5.56 Å². The van der Waals surface area contributed by atoms with Crippen LogP contribution >= 0.6 is 0 Å². The van der Waals surface area contributed by atoms with E-state index in [9.17, 15) is 4.79 Å². The van der Waals surface area contributed by atoms with Gasteiger partial charge >= 0.3 is 0 Å². The smallest absolute Gasteiger partial charge is 0.199 e. The van der Waals surface area contributed by atoms with Crippen LogP contribution in [0.3, 0.4) is 0 Å². The lowest BCUT2D eigenvalue weighted by molar-refractivity contribution is -0.365. The summed E-state index contributed by atoms with van der Waals surface area (Å²) in [6.45, 7) is 5.63. The third-order valence-electron chi connectivity index (χ3n) is 2.79. The summed E-state index contributed by atoms with van der Waals surface area (Å²) >= 11 is 0. The van der Waals surface area contributed by atoms with Gasteiger partial charge in [-0.25, -0.2) is 9.78 Å². The molecular weight excluding hydrogens is 264 g/mol. The minimum atomic E-state index is -0.771. The van der Waals surface area contributed by atoms with Gasteiger partial charge in [-0.3, -0.25) is 4.79 Å². The third-order valence-corrected chi connectivity index (χ3v) is 2.79. The number of carbonyl (C=O) groups is 1. The molecule has 1 unspecified atom stereocenters. The van der Waals surface area contributed by atoms with Crippen molar-refractivity contribution in [2.45, 2.75) is 32.5 Å². The SMILES string of the molecule is CC(C)(C)OOC(C(=O)c1ccccc1)c1ccccc1. The van der Waals surface area contributed by atoms with Gasteiger partial charge in [0.2, 0.25) is 0 Å². The fraction of sp³-hybridized carbons (Fsp3) is 0.278. The lowest BCUT2D eigenvalue weighted by Crippen LogP contribution is -2.24. The van der Waals surface area contributed by atoms with Gasteiger partial charge in [-0.15, -0.1) is 0 Å². The summed E-state index contributed by atoms with van der Waals surface area (Å²) < 4.78 is 0. The van der Waals surface area contributed by atoms with Crippen LogP contribution in [0.1, 0.15) is 42.8 Å². The molecule has 0 aromatic heterocycles. The minimum Gasteiger partial charge on any atom is -0.291 e. The number of ketones is 1. The molecule has 2 rings (SSSR count). The fourth-order valence-electron chi connectivity index (χ4n) is 1.82. The molecule has 0 fully saturated rings. The lowest BCUT2D eigenvalue weighted by atomic mass is 10.0. The van der Waals surface area contributed by atoms with E-state index in [1.54, 1.807) is 12.1 Å². The number of hydrogen-bond acceptors (Lipinski definition) is 3. The Balaban J connectivity index is 2.26. The Bertz CT molecular complexity index is 570. The molecule has 110 valence electrons. The number of hydrogen-bond donors (Lipinski definition) is 0. The molecule has 0 saturated heterocycles. The van der Waals surface area contributed by atoms with Crippen molar-refractivity contribution in [2.75, 3.05) is 0 Å². The molecule has 3 nitrogen and oxygen atoms in total. The Hall–Kier alpha value is -1.97. The second-order valence-corrected chi connectivity index (χ2v) is 5.81. The van der Waals surface area contributed by atoms with Crippen molar-refractivity contribution in [2.24, 2.45) is 0 Å². The van der Waals surface area contributed by atoms with Crippen LogP contribution in [0.15, 0.2) is 60.7 Å². The fourth-order valence-corrected chi connectivity index (χ4v) is 1.82. The zero-order valence-corrected chi connectivity index (χ0v) is 12.6. The second kappa shape index (κ2) is 6.66. The first-order chi connectivity index (χ1) is 9.97. The quantitative estimate of drug-likeness (QED) is 0.465. The molecule has 0 amide bonds. The van der Waals surface area contributed by atoms with Crippen molar-refractivity contribution in [3.63, 3.8) is 0 Å². The van der Waals surface area contributed by atoms with Crippen LogP contribution in [0.5, 0.6) is 0 Å². The van der Waals surface area contributed by atoms with Gasteiger partial charge in [-0.1, -0.05) is 60.7 Å². The predicted octanol–water partition coefficient (Wildman–Crippen LogP) is 4.36. The molecule has 3 heteroatoms. The van der Waals surface area contributed by atoms with E-state index in [1.807, 2.05) is 69.3 Å². The van der Waals surface area contributed by atoms with Crippen LogP contribution < -0.4 is 0 Å². The maximum absolute atomic E-state index is 12.7. The molecule has 0 saturated carbocycles. The van der Waals surface area contributed by atoms with Crippen LogP contribution in [-0.2, 0) is 9.78 Å². The van der Waals surface area contributed by atoms with Crippen molar-refractivity contribution >= 4 is 5.78 Å². The zero-order chi connectivity index (χ0) is 15.3. The highest BCUT2D eigenvalue weighted by Gasteiger charge is 2.26. The number of carbonyl (C=O) groups excluding carboxylic acids is 1. The van der Waals surface area contributed by atoms with E-state index in [-0.39, 0.29) is 5.78 Å². The first-order valence-electron chi connectivity index (χ1n) is 6.96. The Morgan fingerprint density at radius 3 is 1.95 bits per heavy atom. The molecule has 0 aliphatic carbocycles. The minimum absolute atomic E-state index is 0.119. The normalized spacial score (nSPS) is 12.9. The van der Waals surface area contributed by atoms with Crippen molar-refractivity contribution < 1.29 is 14.6 Å². The summed E-state index contributed by atoms with van der Waals surface area (Å²) in [5, 5.41) is 0. The first-order valence-corrected chi connectivity index (χ1v) is 6.96. The van der Waals surface area contributed by atoms with E-state index >= 15 is 0 Å². The Morgan fingerprint density at radius 2 is 1.43 bits per heavy atom. The largest absolute Gasteiger partial charge is 0.291 e. The summed E-state index contributed by atoms with van der Waals surface area (Å²) in [5.41, 5.74) is 0.892. The van der Waals surface area contributed by atoms with Crippen LogP contribution in [0.4, 0.5) is 0 Å². The highest BCUT2D eigenvalue weighted by atomic mass is 17.2. The summed E-state index contributed by atoms with van der Waals surface area (Å²) in [5.74, 6) is -0.119. The van der Waals surface area contributed by atoms with Gasteiger partial charge in [0.15, 0.2) is 11.9 Å². The van der Waals surface area contributed by atoms with Crippen molar-refractivity contribution in [3.05, 3.63) is 71.8 Å². The highest BCUT2D eigenvalue weighted by Crippen LogP contribution is 2.24. The second-order valence-electron chi connectivity index (χ2n) is 5.81. The monoisotopic (exact) mass is 284 g/mol. The Labute approximate surface area is 125 Å². The average molecular weight is 284 g/mol. The van der Waals surface area contributed by atoms with Gasteiger partial charge in [0, 0.05) is 5.56 Å². The van der Waals surface area contributed by atoms with Crippen molar-refractivity contribution in [3.8, 4) is 0 Å². The van der Waals surface area contributed by atoms with E-state index in [1.165, 1.54) is 0 Å². The van der Waals surface area contributed by atoms with Crippen LogP contribution in [0, 0.1) is 0 Å². The van der Waals surface area contributed by atoms with Gasteiger partial charge in [-0.05, 0) is 26.3 Å². The molecule has 0 radical (unpaired) electrons. The summed E-state index contributed by atoms with van der Waals surface area (Å²) in [7, 11) is 0. The summed E-state index contributed by atoms with van der Waals surface area (Å²) in [4.78, 5) is 23.5. The number of rotatable bonds is 5. The van der Waals surface area contributed by atoms with E-state index < -0.39 is 11.7 Å². The van der Waals surface area contributed by atoms with Gasteiger partial charge in [0.05, 0.1) is 5.60 Å². The van der Waals surface area contributed by atoms with Crippen molar-refractivity contribution in [1.82, 2.24) is 0 Å². The van der Waals surface area contributed by atoms with Gasteiger partial charge in [-0.2, -0.15) is 0 Å². The molecule has 0 bridgehead atoms.